The van der Waals surface area contributed by atoms with E-state index in [1.165, 1.54) is 4.90 Å². The number of aliphatic carboxylic acids is 1. The van der Waals surface area contributed by atoms with Gasteiger partial charge in [-0.05, 0) is 38.8 Å². The molecule has 0 amide bonds. The van der Waals surface area contributed by atoms with Crippen LogP contribution in [0, 0.1) is 0 Å². The van der Waals surface area contributed by atoms with Gasteiger partial charge in [0.25, 0.3) is 0 Å². The lowest BCUT2D eigenvalue weighted by Crippen LogP contribution is -2.51. The van der Waals surface area contributed by atoms with Crippen LogP contribution in [0.4, 0.5) is 13.2 Å². The second-order valence-electron chi connectivity index (χ2n) is 5.40. The Morgan fingerprint density at radius 2 is 2.10 bits per heavy atom. The normalized spacial score (nSPS) is 27.2. The molecule has 0 spiro atoms. The maximum absolute atomic E-state index is 12.6. The maximum atomic E-state index is 12.6. The zero-order chi connectivity index (χ0) is 15.4. The molecule has 0 aromatic rings. The second kappa shape index (κ2) is 6.76. The van der Waals surface area contributed by atoms with Crippen molar-refractivity contribution in [1.29, 1.82) is 0 Å². The summed E-state index contributed by atoms with van der Waals surface area (Å²) in [6.07, 6.45) is -2.55. The Morgan fingerprint density at radius 3 is 2.55 bits per heavy atom. The molecule has 0 saturated heterocycles. The molecular weight excluding hydrogens is 273 g/mol. The third kappa shape index (κ3) is 4.34. The van der Waals surface area contributed by atoms with Crippen LogP contribution >= 0.6 is 0 Å². The quantitative estimate of drug-likeness (QED) is 0.756. The second-order valence-corrected chi connectivity index (χ2v) is 5.40. The van der Waals surface area contributed by atoms with Crippen LogP contribution in [0.5, 0.6) is 0 Å². The Bertz CT molecular complexity index is 336. The van der Waals surface area contributed by atoms with Gasteiger partial charge in [-0.15, -0.1) is 0 Å². The lowest BCUT2D eigenvalue weighted by Gasteiger charge is -2.31. The van der Waals surface area contributed by atoms with E-state index < -0.39 is 24.2 Å². The molecule has 0 aromatic heterocycles. The van der Waals surface area contributed by atoms with Crippen LogP contribution in [0.2, 0.25) is 0 Å². The van der Waals surface area contributed by atoms with Crippen LogP contribution in [0.15, 0.2) is 0 Å². The molecule has 4 nitrogen and oxygen atoms in total. The molecule has 2 unspecified atom stereocenters. The van der Waals surface area contributed by atoms with Crippen molar-refractivity contribution in [3.8, 4) is 0 Å². The van der Waals surface area contributed by atoms with E-state index in [2.05, 4.69) is 5.32 Å². The Morgan fingerprint density at radius 1 is 1.45 bits per heavy atom. The van der Waals surface area contributed by atoms with Crippen molar-refractivity contribution in [2.45, 2.75) is 57.3 Å². The van der Waals surface area contributed by atoms with Crippen molar-refractivity contribution >= 4 is 5.97 Å². The van der Waals surface area contributed by atoms with Crippen molar-refractivity contribution < 1.29 is 23.1 Å². The SMILES string of the molecule is CCCN(CC(F)(F)F)C1CCC(NCC)(C(=O)O)C1. The predicted octanol–water partition coefficient (Wildman–Crippen LogP) is 2.25. The first kappa shape index (κ1) is 17.2. The Labute approximate surface area is 117 Å². The molecule has 1 fully saturated rings. The highest BCUT2D eigenvalue weighted by molar-refractivity contribution is 5.79. The van der Waals surface area contributed by atoms with Crippen molar-refractivity contribution in [3.05, 3.63) is 0 Å². The molecule has 0 aliphatic heterocycles. The topological polar surface area (TPSA) is 52.6 Å². The summed E-state index contributed by atoms with van der Waals surface area (Å²) in [5.41, 5.74) is -1.07. The molecule has 1 rings (SSSR count). The zero-order valence-corrected chi connectivity index (χ0v) is 12.0. The van der Waals surface area contributed by atoms with Crippen molar-refractivity contribution in [2.24, 2.45) is 0 Å². The third-order valence-corrected chi connectivity index (χ3v) is 3.82. The summed E-state index contributed by atoms with van der Waals surface area (Å²) in [5, 5.41) is 12.3. The highest BCUT2D eigenvalue weighted by Gasteiger charge is 2.47. The van der Waals surface area contributed by atoms with E-state index in [9.17, 15) is 23.1 Å². The molecule has 0 heterocycles. The first-order valence-corrected chi connectivity index (χ1v) is 7.03. The number of hydrogen-bond donors (Lipinski definition) is 2. The van der Waals surface area contributed by atoms with E-state index in [4.69, 9.17) is 0 Å². The van der Waals surface area contributed by atoms with E-state index in [0.717, 1.165) is 0 Å². The maximum Gasteiger partial charge on any atom is 0.401 e. The first-order valence-electron chi connectivity index (χ1n) is 7.03. The van der Waals surface area contributed by atoms with Gasteiger partial charge in [0.05, 0.1) is 6.54 Å². The van der Waals surface area contributed by atoms with Gasteiger partial charge in [0.1, 0.15) is 5.54 Å². The molecular formula is C13H23F3N2O2. The van der Waals surface area contributed by atoms with Crippen molar-refractivity contribution in [1.82, 2.24) is 10.2 Å². The van der Waals surface area contributed by atoms with Crippen LogP contribution < -0.4 is 5.32 Å². The van der Waals surface area contributed by atoms with E-state index >= 15 is 0 Å². The van der Waals surface area contributed by atoms with Crippen LogP contribution in [0.1, 0.15) is 39.5 Å². The number of alkyl halides is 3. The van der Waals surface area contributed by atoms with E-state index in [1.807, 2.05) is 6.92 Å². The standard InChI is InChI=1S/C13H23F3N2O2/c1-3-7-18(9-13(14,15)16)10-5-6-12(8-10,11(19)20)17-4-2/h10,17H,3-9H2,1-2H3,(H,19,20). The molecule has 7 heteroatoms. The summed E-state index contributed by atoms with van der Waals surface area (Å²) >= 11 is 0. The van der Waals surface area contributed by atoms with Crippen molar-refractivity contribution in [2.75, 3.05) is 19.6 Å². The third-order valence-electron chi connectivity index (χ3n) is 3.82. The van der Waals surface area contributed by atoms with Gasteiger partial charge in [-0.2, -0.15) is 13.2 Å². The molecule has 1 aliphatic rings. The minimum atomic E-state index is -4.25. The fourth-order valence-electron chi connectivity index (χ4n) is 3.01. The van der Waals surface area contributed by atoms with Crippen molar-refractivity contribution in [3.63, 3.8) is 0 Å². The Kier molecular flexibility index (Phi) is 5.82. The molecule has 0 radical (unpaired) electrons. The Balaban J connectivity index is 2.78. The molecule has 118 valence electrons. The number of nitrogens with zero attached hydrogens (tertiary/aromatic N) is 1. The molecule has 1 aliphatic carbocycles. The molecule has 0 aromatic carbocycles. The Hall–Kier alpha value is -0.820. The molecule has 1 saturated carbocycles. The minimum Gasteiger partial charge on any atom is -0.480 e. The number of likely N-dealkylation sites (N-methyl/N-ethyl adjacent to an activating group) is 1. The van der Waals surface area contributed by atoms with Gasteiger partial charge in [-0.1, -0.05) is 13.8 Å². The number of nitrogens with one attached hydrogen (secondary N) is 1. The van der Waals surface area contributed by atoms with Crippen LogP contribution in [-0.4, -0.2) is 53.4 Å². The number of carboxylic acid groups (broad SMARTS) is 1. The number of carbonyl (C=O) groups is 1. The van der Waals surface area contributed by atoms with Gasteiger partial charge in [0.2, 0.25) is 0 Å². The number of rotatable bonds is 7. The summed E-state index contributed by atoms with van der Waals surface area (Å²) in [5.74, 6) is -0.967. The number of hydrogen-bond acceptors (Lipinski definition) is 3. The predicted molar refractivity (Wildman–Crippen MR) is 69.6 cm³/mol. The fraction of sp³-hybridized carbons (Fsp3) is 0.923. The summed E-state index contributed by atoms with van der Waals surface area (Å²) in [4.78, 5) is 12.8. The average molecular weight is 296 g/mol. The average Bonchev–Trinajstić information content (AvgIpc) is 2.73. The van der Waals surface area contributed by atoms with E-state index in [1.54, 1.807) is 6.92 Å². The fourth-order valence-corrected chi connectivity index (χ4v) is 3.01. The lowest BCUT2D eigenvalue weighted by atomic mass is 9.97. The number of halogens is 3. The van der Waals surface area contributed by atoms with Crippen LogP contribution in [-0.2, 0) is 4.79 Å². The zero-order valence-electron chi connectivity index (χ0n) is 12.0. The van der Waals surface area contributed by atoms with Gasteiger partial charge in [0, 0.05) is 6.04 Å². The van der Waals surface area contributed by atoms with Gasteiger partial charge in [-0.3, -0.25) is 9.69 Å². The van der Waals surface area contributed by atoms with Gasteiger partial charge >= 0.3 is 12.1 Å². The molecule has 20 heavy (non-hydrogen) atoms. The summed E-state index contributed by atoms with van der Waals surface area (Å²) in [6.45, 7) is 3.50. The van der Waals surface area contributed by atoms with Gasteiger partial charge in [-0.25, -0.2) is 0 Å². The number of carboxylic acids is 1. The van der Waals surface area contributed by atoms with Crippen LogP contribution in [0.25, 0.3) is 0 Å². The summed E-state index contributed by atoms with van der Waals surface area (Å²) in [6, 6.07) is -0.327. The monoisotopic (exact) mass is 296 g/mol. The first-order chi connectivity index (χ1) is 9.24. The van der Waals surface area contributed by atoms with Gasteiger partial charge in [0.15, 0.2) is 0 Å². The smallest absolute Gasteiger partial charge is 0.401 e. The minimum absolute atomic E-state index is 0.228. The lowest BCUT2D eigenvalue weighted by molar-refractivity contribution is -0.151. The van der Waals surface area contributed by atoms with E-state index in [-0.39, 0.29) is 12.5 Å². The van der Waals surface area contributed by atoms with Gasteiger partial charge < -0.3 is 10.4 Å². The molecule has 2 N–H and O–H groups in total. The highest BCUT2D eigenvalue weighted by atomic mass is 19.4. The van der Waals surface area contributed by atoms with E-state index in [0.29, 0.717) is 32.4 Å². The highest BCUT2D eigenvalue weighted by Crippen LogP contribution is 2.34. The van der Waals surface area contributed by atoms with Crippen LogP contribution in [0.3, 0.4) is 0 Å². The largest absolute Gasteiger partial charge is 0.480 e. The summed E-state index contributed by atoms with van der Waals surface area (Å²) < 4.78 is 37.8. The summed E-state index contributed by atoms with van der Waals surface area (Å²) in [7, 11) is 0. The molecule has 2 atom stereocenters. The molecule has 0 bridgehead atoms.